The Bertz CT molecular complexity index is 566. The minimum Gasteiger partial charge on any atom is -0.492 e. The molecule has 2 rings (SSSR count). The van der Waals surface area contributed by atoms with Gasteiger partial charge in [-0.25, -0.2) is 4.79 Å². The van der Waals surface area contributed by atoms with Gasteiger partial charge in [-0.05, 0) is 37.1 Å². The molecule has 0 aliphatic heterocycles. The van der Waals surface area contributed by atoms with E-state index in [0.29, 0.717) is 11.0 Å². The summed E-state index contributed by atoms with van der Waals surface area (Å²) in [6.45, 7) is 3.91. The second-order valence-electron chi connectivity index (χ2n) is 3.70. The summed E-state index contributed by atoms with van der Waals surface area (Å²) in [6, 6.07) is 3.69. The van der Waals surface area contributed by atoms with Crippen LogP contribution in [-0.2, 0) is 0 Å². The summed E-state index contributed by atoms with van der Waals surface area (Å²) >= 11 is 0. The van der Waals surface area contributed by atoms with Crippen molar-refractivity contribution < 1.29 is 19.1 Å². The van der Waals surface area contributed by atoms with Crippen molar-refractivity contribution in [1.82, 2.24) is 0 Å². The van der Waals surface area contributed by atoms with Crippen LogP contribution < -0.4 is 4.74 Å². The topological polar surface area (TPSA) is 59.7 Å². The van der Waals surface area contributed by atoms with Crippen molar-refractivity contribution in [3.8, 4) is 5.75 Å². The third-order valence-electron chi connectivity index (χ3n) is 2.66. The van der Waals surface area contributed by atoms with Crippen LogP contribution in [0.25, 0.3) is 11.0 Å². The van der Waals surface area contributed by atoms with E-state index in [2.05, 4.69) is 0 Å². The van der Waals surface area contributed by atoms with Crippen molar-refractivity contribution in [1.29, 1.82) is 0 Å². The zero-order chi connectivity index (χ0) is 11.9. The van der Waals surface area contributed by atoms with Crippen LogP contribution in [-0.4, -0.2) is 18.2 Å². The number of carboxylic acids is 1. The molecule has 0 amide bonds. The van der Waals surface area contributed by atoms with Crippen molar-refractivity contribution >= 4 is 16.9 Å². The zero-order valence-electron chi connectivity index (χ0n) is 9.33. The van der Waals surface area contributed by atoms with Crippen molar-refractivity contribution in [3.05, 3.63) is 29.0 Å². The first-order chi connectivity index (χ1) is 7.54. The van der Waals surface area contributed by atoms with Gasteiger partial charge in [-0.15, -0.1) is 0 Å². The molecule has 0 spiro atoms. The molecular formula is C12H12O4. The molecule has 16 heavy (non-hydrogen) atoms. The Morgan fingerprint density at radius 3 is 2.50 bits per heavy atom. The van der Waals surface area contributed by atoms with Gasteiger partial charge in [-0.3, -0.25) is 0 Å². The number of aromatic carboxylic acids is 1. The number of rotatable bonds is 2. The summed E-state index contributed by atoms with van der Waals surface area (Å²) in [5, 5.41) is 9.66. The first-order valence-corrected chi connectivity index (χ1v) is 4.85. The number of methoxy groups -OCH3 is 1. The van der Waals surface area contributed by atoms with E-state index in [0.717, 1.165) is 11.1 Å². The van der Waals surface area contributed by atoms with Gasteiger partial charge >= 0.3 is 5.97 Å². The van der Waals surface area contributed by atoms with E-state index >= 15 is 0 Å². The van der Waals surface area contributed by atoms with Crippen LogP contribution in [0.4, 0.5) is 0 Å². The van der Waals surface area contributed by atoms with Gasteiger partial charge < -0.3 is 14.3 Å². The van der Waals surface area contributed by atoms with Crippen molar-refractivity contribution in [2.75, 3.05) is 7.11 Å². The summed E-state index contributed by atoms with van der Waals surface area (Å²) < 4.78 is 10.3. The Kier molecular flexibility index (Phi) is 2.34. The molecule has 1 aromatic heterocycles. The van der Waals surface area contributed by atoms with E-state index in [4.69, 9.17) is 14.3 Å². The SMILES string of the molecule is COc1c(C(=O)O)oc2cc(C)c(C)cc12. The van der Waals surface area contributed by atoms with Gasteiger partial charge in [0.05, 0.1) is 12.5 Å². The molecule has 0 saturated carbocycles. The van der Waals surface area contributed by atoms with Crippen LogP contribution in [0.5, 0.6) is 5.75 Å². The molecule has 0 unspecified atom stereocenters. The standard InChI is InChI=1S/C12H12O4/c1-6-4-8-9(5-7(6)2)16-11(12(13)14)10(8)15-3/h4-5H,1-3H3,(H,13,14). The number of ether oxygens (including phenoxy) is 1. The average molecular weight is 220 g/mol. The molecule has 0 aliphatic carbocycles. The Morgan fingerprint density at radius 1 is 1.31 bits per heavy atom. The lowest BCUT2D eigenvalue weighted by Crippen LogP contribution is -1.96. The predicted molar refractivity (Wildman–Crippen MR) is 59.2 cm³/mol. The van der Waals surface area contributed by atoms with Crippen LogP contribution in [0, 0.1) is 13.8 Å². The molecular weight excluding hydrogens is 208 g/mol. The van der Waals surface area contributed by atoms with E-state index in [1.54, 1.807) is 0 Å². The summed E-state index contributed by atoms with van der Waals surface area (Å²) in [4.78, 5) is 10.9. The molecule has 0 atom stereocenters. The first-order valence-electron chi connectivity index (χ1n) is 4.85. The Labute approximate surface area is 92.4 Å². The monoisotopic (exact) mass is 220 g/mol. The number of benzene rings is 1. The number of hydrogen-bond donors (Lipinski definition) is 1. The van der Waals surface area contributed by atoms with Crippen LogP contribution in [0.1, 0.15) is 21.7 Å². The lowest BCUT2D eigenvalue weighted by molar-refractivity contribution is 0.0660. The third kappa shape index (κ3) is 1.43. The smallest absolute Gasteiger partial charge is 0.375 e. The number of fused-ring (bicyclic) bond motifs is 1. The van der Waals surface area contributed by atoms with Crippen LogP contribution in [0.15, 0.2) is 16.5 Å². The fraction of sp³-hybridized carbons (Fsp3) is 0.250. The molecule has 1 heterocycles. The van der Waals surface area contributed by atoms with E-state index in [1.807, 2.05) is 26.0 Å². The van der Waals surface area contributed by atoms with E-state index in [9.17, 15) is 4.79 Å². The average Bonchev–Trinajstić information content (AvgIpc) is 2.57. The molecule has 84 valence electrons. The van der Waals surface area contributed by atoms with Gasteiger partial charge in [0, 0.05) is 0 Å². The highest BCUT2D eigenvalue weighted by atomic mass is 16.5. The van der Waals surface area contributed by atoms with Gasteiger partial charge in [-0.2, -0.15) is 0 Å². The van der Waals surface area contributed by atoms with E-state index in [-0.39, 0.29) is 11.5 Å². The first kappa shape index (κ1) is 10.5. The largest absolute Gasteiger partial charge is 0.492 e. The molecule has 4 heteroatoms. The molecule has 0 aliphatic rings. The van der Waals surface area contributed by atoms with Gasteiger partial charge in [0.1, 0.15) is 5.58 Å². The van der Waals surface area contributed by atoms with Crippen LogP contribution in [0.3, 0.4) is 0 Å². The highest BCUT2D eigenvalue weighted by molar-refractivity contribution is 5.98. The second kappa shape index (κ2) is 3.56. The molecule has 0 fully saturated rings. The minimum absolute atomic E-state index is 0.150. The van der Waals surface area contributed by atoms with Crippen molar-refractivity contribution in [2.24, 2.45) is 0 Å². The van der Waals surface area contributed by atoms with Crippen LogP contribution >= 0.6 is 0 Å². The lowest BCUT2D eigenvalue weighted by atomic mass is 10.1. The van der Waals surface area contributed by atoms with E-state index in [1.165, 1.54) is 7.11 Å². The molecule has 4 nitrogen and oxygen atoms in total. The normalized spacial score (nSPS) is 10.7. The van der Waals surface area contributed by atoms with E-state index < -0.39 is 5.97 Å². The number of carboxylic acid groups (broad SMARTS) is 1. The maximum atomic E-state index is 10.9. The molecule has 1 N–H and O–H groups in total. The Morgan fingerprint density at radius 2 is 1.94 bits per heavy atom. The molecule has 0 bridgehead atoms. The fourth-order valence-corrected chi connectivity index (χ4v) is 1.67. The summed E-state index contributed by atoms with van der Waals surface area (Å²) in [5.74, 6) is -0.989. The van der Waals surface area contributed by atoms with Crippen LogP contribution in [0.2, 0.25) is 0 Å². The maximum absolute atomic E-state index is 10.9. The number of hydrogen-bond acceptors (Lipinski definition) is 3. The second-order valence-corrected chi connectivity index (χ2v) is 3.70. The summed E-state index contributed by atoms with van der Waals surface area (Å²) in [7, 11) is 1.44. The van der Waals surface area contributed by atoms with Gasteiger partial charge in [0.25, 0.3) is 5.76 Å². The highest BCUT2D eigenvalue weighted by Gasteiger charge is 2.21. The van der Waals surface area contributed by atoms with Gasteiger partial charge in [0.2, 0.25) is 0 Å². The van der Waals surface area contributed by atoms with Gasteiger partial charge in [-0.1, -0.05) is 0 Å². The molecule has 0 saturated heterocycles. The molecule has 1 aromatic carbocycles. The number of aryl methyl sites for hydroxylation is 2. The molecule has 2 aromatic rings. The maximum Gasteiger partial charge on any atom is 0.375 e. The molecule has 0 radical (unpaired) electrons. The number of carbonyl (C=O) groups is 1. The quantitative estimate of drug-likeness (QED) is 0.845. The van der Waals surface area contributed by atoms with Crippen molar-refractivity contribution in [2.45, 2.75) is 13.8 Å². The fourth-order valence-electron chi connectivity index (χ4n) is 1.67. The predicted octanol–water partition coefficient (Wildman–Crippen LogP) is 2.76. The minimum atomic E-state index is -1.12. The zero-order valence-corrected chi connectivity index (χ0v) is 9.33. The lowest BCUT2D eigenvalue weighted by Gasteiger charge is -2.00. The van der Waals surface area contributed by atoms with Crippen molar-refractivity contribution in [3.63, 3.8) is 0 Å². The van der Waals surface area contributed by atoms with Gasteiger partial charge in [0.15, 0.2) is 5.75 Å². The summed E-state index contributed by atoms with van der Waals surface area (Å²) in [6.07, 6.45) is 0. The Hall–Kier alpha value is -1.97. The number of furan rings is 1. The highest BCUT2D eigenvalue weighted by Crippen LogP contribution is 2.34. The summed E-state index contributed by atoms with van der Waals surface area (Å²) in [5.41, 5.74) is 2.67. The third-order valence-corrected chi connectivity index (χ3v) is 2.66. The Balaban J connectivity index is 2.82.